The molecule has 0 aliphatic heterocycles. The Labute approximate surface area is 108 Å². The van der Waals surface area contributed by atoms with Crippen LogP contribution < -0.4 is 0 Å². The number of hydrogen-bond acceptors (Lipinski definition) is 7. The number of isocyanates is 2. The van der Waals surface area contributed by atoms with E-state index in [0.717, 1.165) is 0 Å². The summed E-state index contributed by atoms with van der Waals surface area (Å²) in [6.45, 7) is -1.63. The Bertz CT molecular complexity index is 533. The van der Waals surface area contributed by atoms with Gasteiger partial charge in [-0.25, -0.2) is 9.59 Å². The Morgan fingerprint density at radius 1 is 1.00 bits per heavy atom. The van der Waals surface area contributed by atoms with Crippen LogP contribution in [-0.4, -0.2) is 47.3 Å². The molecule has 7 nitrogen and oxygen atoms in total. The number of carbonyl (C=O) groups excluding carboxylic acids is 2. The second-order valence-corrected chi connectivity index (χ2v) is 3.86. The zero-order valence-electron chi connectivity index (χ0n) is 9.91. The maximum Gasteiger partial charge on any atom is 0.240 e. The van der Waals surface area contributed by atoms with Crippen LogP contribution in [0.2, 0.25) is 0 Å². The average molecular weight is 264 g/mol. The van der Waals surface area contributed by atoms with E-state index >= 15 is 0 Å². The molecule has 0 saturated heterocycles. The molecular formula is C12H12N2O5. The highest BCUT2D eigenvalue weighted by molar-refractivity contribution is 5.64. The molecule has 1 aromatic rings. The van der Waals surface area contributed by atoms with Gasteiger partial charge in [0.05, 0.1) is 36.6 Å². The van der Waals surface area contributed by atoms with Crippen LogP contribution in [0.4, 0.5) is 11.4 Å². The lowest BCUT2D eigenvalue weighted by molar-refractivity contribution is 0.0644. The van der Waals surface area contributed by atoms with Crippen LogP contribution in [0.25, 0.3) is 0 Å². The number of aliphatic imine (C=N–C) groups is 2. The van der Waals surface area contributed by atoms with E-state index in [-0.39, 0.29) is 16.9 Å². The van der Waals surface area contributed by atoms with Crippen LogP contribution in [0, 0.1) is 0 Å². The highest BCUT2D eigenvalue weighted by Crippen LogP contribution is 2.34. The number of nitrogens with zero attached hydrogens (tertiary/aromatic N) is 2. The first-order chi connectivity index (χ1) is 9.17. The summed E-state index contributed by atoms with van der Waals surface area (Å²) in [6, 6.07) is 4.12. The van der Waals surface area contributed by atoms with Crippen molar-refractivity contribution in [2.45, 2.75) is 5.41 Å². The maximum absolute atomic E-state index is 10.4. The molecule has 0 atom stereocenters. The molecule has 0 amide bonds. The van der Waals surface area contributed by atoms with Gasteiger partial charge in [0.2, 0.25) is 12.2 Å². The molecular weight excluding hydrogens is 252 g/mol. The van der Waals surface area contributed by atoms with E-state index in [1.54, 1.807) is 0 Å². The summed E-state index contributed by atoms with van der Waals surface area (Å²) in [4.78, 5) is 27.4. The molecule has 0 aliphatic carbocycles. The summed E-state index contributed by atoms with van der Waals surface area (Å²) < 4.78 is 0. The summed E-state index contributed by atoms with van der Waals surface area (Å²) in [5.74, 6) is 0. The second-order valence-electron chi connectivity index (χ2n) is 3.86. The zero-order valence-corrected chi connectivity index (χ0v) is 9.91. The van der Waals surface area contributed by atoms with E-state index in [1.807, 2.05) is 0 Å². The van der Waals surface area contributed by atoms with E-state index in [4.69, 9.17) is 0 Å². The Hall–Kier alpha value is -2.14. The van der Waals surface area contributed by atoms with E-state index in [0.29, 0.717) is 0 Å². The summed E-state index contributed by atoms with van der Waals surface area (Å²) in [6.07, 6.45) is 2.67. The lowest BCUT2D eigenvalue weighted by Gasteiger charge is -2.28. The Kier molecular flexibility index (Phi) is 5.26. The second kappa shape index (κ2) is 6.70. The minimum absolute atomic E-state index is 0.0589. The van der Waals surface area contributed by atoms with Crippen LogP contribution in [0.5, 0.6) is 0 Å². The van der Waals surface area contributed by atoms with Crippen molar-refractivity contribution in [3.05, 3.63) is 23.8 Å². The quantitative estimate of drug-likeness (QED) is 0.487. The zero-order chi connectivity index (χ0) is 14.3. The molecule has 100 valence electrons. The SMILES string of the molecule is O=C=Nc1ccc(C(CO)(CO)CO)c(N=C=O)c1. The van der Waals surface area contributed by atoms with Gasteiger partial charge in [0.1, 0.15) is 0 Å². The van der Waals surface area contributed by atoms with Crippen molar-refractivity contribution < 1.29 is 24.9 Å². The van der Waals surface area contributed by atoms with Crippen LogP contribution in [0.1, 0.15) is 5.56 Å². The van der Waals surface area contributed by atoms with Gasteiger partial charge in [-0.1, -0.05) is 6.07 Å². The third-order valence-electron chi connectivity index (χ3n) is 2.80. The van der Waals surface area contributed by atoms with E-state index in [1.165, 1.54) is 30.4 Å². The molecule has 7 heteroatoms. The first-order valence-electron chi connectivity index (χ1n) is 5.30. The fraction of sp³-hybridized carbons (Fsp3) is 0.333. The van der Waals surface area contributed by atoms with Crippen LogP contribution in [0.3, 0.4) is 0 Å². The topological polar surface area (TPSA) is 120 Å². The molecule has 0 aliphatic rings. The fourth-order valence-electron chi connectivity index (χ4n) is 1.64. The minimum atomic E-state index is -1.35. The van der Waals surface area contributed by atoms with Gasteiger partial charge in [-0.05, 0) is 17.7 Å². The van der Waals surface area contributed by atoms with Crippen LogP contribution in [0.15, 0.2) is 28.2 Å². The van der Waals surface area contributed by atoms with Crippen LogP contribution >= 0.6 is 0 Å². The molecule has 0 radical (unpaired) electrons. The molecule has 0 bridgehead atoms. The lowest BCUT2D eigenvalue weighted by atomic mass is 9.81. The van der Waals surface area contributed by atoms with Gasteiger partial charge in [-0.3, -0.25) is 0 Å². The van der Waals surface area contributed by atoms with Crippen LogP contribution in [-0.2, 0) is 15.0 Å². The molecule has 0 saturated carbocycles. The first kappa shape index (κ1) is 14.9. The molecule has 0 spiro atoms. The normalized spacial score (nSPS) is 10.5. The van der Waals surface area contributed by atoms with Gasteiger partial charge in [0.25, 0.3) is 0 Å². The summed E-state index contributed by atoms with van der Waals surface area (Å²) in [5, 5.41) is 28.0. The molecule has 0 aromatic heterocycles. The summed E-state index contributed by atoms with van der Waals surface area (Å²) >= 11 is 0. The molecule has 19 heavy (non-hydrogen) atoms. The molecule has 0 heterocycles. The highest BCUT2D eigenvalue weighted by Gasteiger charge is 2.33. The van der Waals surface area contributed by atoms with Crippen molar-refractivity contribution in [1.82, 2.24) is 0 Å². The lowest BCUT2D eigenvalue weighted by Crippen LogP contribution is -2.38. The third-order valence-corrected chi connectivity index (χ3v) is 2.80. The average Bonchev–Trinajstić information content (AvgIpc) is 2.44. The third kappa shape index (κ3) is 3.00. The standard InChI is InChI=1S/C12H12N2O5/c15-4-12(5-16,6-17)10-2-1-9(13-7-18)3-11(10)14-8-19/h1-3,15-17H,4-6H2. The Morgan fingerprint density at radius 2 is 1.58 bits per heavy atom. The number of hydrogen-bond donors (Lipinski definition) is 3. The van der Waals surface area contributed by atoms with Gasteiger partial charge in [0, 0.05) is 0 Å². The molecule has 1 rings (SSSR count). The van der Waals surface area contributed by atoms with Crippen molar-refractivity contribution in [1.29, 1.82) is 0 Å². The van der Waals surface area contributed by atoms with Gasteiger partial charge >= 0.3 is 0 Å². The van der Waals surface area contributed by atoms with E-state index in [2.05, 4.69) is 9.98 Å². The molecule has 1 aromatic carbocycles. The monoisotopic (exact) mass is 264 g/mol. The van der Waals surface area contributed by atoms with Crippen molar-refractivity contribution in [2.24, 2.45) is 9.98 Å². The highest BCUT2D eigenvalue weighted by atomic mass is 16.3. The van der Waals surface area contributed by atoms with Gasteiger partial charge in [-0.15, -0.1) is 0 Å². The minimum Gasteiger partial charge on any atom is -0.395 e. The summed E-state index contributed by atoms with van der Waals surface area (Å²) in [5.41, 5.74) is -0.827. The smallest absolute Gasteiger partial charge is 0.240 e. The molecule has 0 fully saturated rings. The van der Waals surface area contributed by atoms with Gasteiger partial charge < -0.3 is 15.3 Å². The largest absolute Gasteiger partial charge is 0.395 e. The predicted octanol–water partition coefficient (Wildman–Crippen LogP) is -0.164. The van der Waals surface area contributed by atoms with Crippen molar-refractivity contribution in [3.63, 3.8) is 0 Å². The number of aliphatic hydroxyl groups excluding tert-OH is 3. The maximum atomic E-state index is 10.4. The van der Waals surface area contributed by atoms with Crippen molar-refractivity contribution >= 4 is 23.5 Å². The van der Waals surface area contributed by atoms with E-state index < -0.39 is 25.2 Å². The number of rotatable bonds is 6. The summed E-state index contributed by atoms with van der Waals surface area (Å²) in [7, 11) is 0. The Morgan fingerprint density at radius 3 is 2.05 bits per heavy atom. The van der Waals surface area contributed by atoms with E-state index in [9.17, 15) is 24.9 Å². The number of benzene rings is 1. The predicted molar refractivity (Wildman–Crippen MR) is 64.9 cm³/mol. The van der Waals surface area contributed by atoms with Crippen molar-refractivity contribution in [3.8, 4) is 0 Å². The molecule has 0 unspecified atom stereocenters. The van der Waals surface area contributed by atoms with Gasteiger partial charge in [-0.2, -0.15) is 9.98 Å². The van der Waals surface area contributed by atoms with Gasteiger partial charge in [0.15, 0.2) is 0 Å². The number of aliphatic hydroxyl groups is 3. The first-order valence-corrected chi connectivity index (χ1v) is 5.30. The molecule has 3 N–H and O–H groups in total. The Balaban J connectivity index is 3.49. The van der Waals surface area contributed by atoms with Crippen molar-refractivity contribution in [2.75, 3.05) is 19.8 Å². The fourth-order valence-corrected chi connectivity index (χ4v) is 1.64.